The van der Waals surface area contributed by atoms with Crippen LogP contribution >= 0.6 is 0 Å². The molecular weight excluding hydrogens is 274 g/mol. The van der Waals surface area contributed by atoms with Gasteiger partial charge in [0.05, 0.1) is 19.8 Å². The average molecular weight is 289 g/mol. The molecule has 0 aliphatic carbocycles. The van der Waals surface area contributed by atoms with Crippen molar-refractivity contribution in [2.75, 3.05) is 14.2 Å². The van der Waals surface area contributed by atoms with E-state index in [9.17, 15) is 0 Å². The van der Waals surface area contributed by atoms with E-state index in [1.807, 2.05) is 0 Å². The van der Waals surface area contributed by atoms with E-state index in [-0.39, 0.29) is 11.7 Å². The van der Waals surface area contributed by atoms with E-state index in [1.54, 1.807) is 50.7 Å². The predicted molar refractivity (Wildman–Crippen MR) is 76.4 cm³/mol. The number of oxime groups is 1. The second-order valence-corrected chi connectivity index (χ2v) is 3.99. The van der Waals surface area contributed by atoms with Crippen molar-refractivity contribution in [2.24, 2.45) is 10.9 Å². The summed E-state index contributed by atoms with van der Waals surface area (Å²) in [5.74, 6) is 1.73. The lowest BCUT2D eigenvalue weighted by atomic mass is 10.2. The van der Waals surface area contributed by atoms with Gasteiger partial charge in [0.2, 0.25) is 5.88 Å². The fraction of sp³-hybridized carbons (Fsp3) is 0.143. The van der Waals surface area contributed by atoms with Gasteiger partial charge in [0.1, 0.15) is 17.2 Å². The molecule has 2 aromatic rings. The van der Waals surface area contributed by atoms with Crippen molar-refractivity contribution in [2.45, 2.75) is 0 Å². The lowest BCUT2D eigenvalue weighted by Crippen LogP contribution is -2.14. The molecule has 0 saturated carbocycles. The fourth-order valence-electron chi connectivity index (χ4n) is 1.67. The van der Waals surface area contributed by atoms with Gasteiger partial charge < -0.3 is 25.2 Å². The standard InChI is InChI=1S/C14H15N3O4/c1-19-9-6-10(20-2)8-11(7-9)21-14-12(13(15)17-18)4-3-5-16-14/h3-8,18H,1-2H3,(H2,15,17). The lowest BCUT2D eigenvalue weighted by Gasteiger charge is -2.11. The molecule has 7 heteroatoms. The Kier molecular flexibility index (Phi) is 4.45. The molecule has 0 atom stereocenters. The topological polar surface area (TPSA) is 99.2 Å². The summed E-state index contributed by atoms with van der Waals surface area (Å²) in [6.07, 6.45) is 1.54. The Balaban J connectivity index is 2.38. The molecule has 1 aromatic carbocycles. The van der Waals surface area contributed by atoms with Gasteiger partial charge in [-0.25, -0.2) is 4.98 Å². The number of aromatic nitrogens is 1. The Morgan fingerprint density at radius 1 is 1.14 bits per heavy atom. The number of benzene rings is 1. The molecule has 21 heavy (non-hydrogen) atoms. The smallest absolute Gasteiger partial charge is 0.230 e. The first-order valence-electron chi connectivity index (χ1n) is 6.01. The number of hydrogen-bond acceptors (Lipinski definition) is 6. The van der Waals surface area contributed by atoms with Crippen molar-refractivity contribution in [1.82, 2.24) is 4.98 Å². The summed E-state index contributed by atoms with van der Waals surface area (Å²) in [4.78, 5) is 4.08. The van der Waals surface area contributed by atoms with E-state index < -0.39 is 0 Å². The van der Waals surface area contributed by atoms with Crippen molar-refractivity contribution in [3.05, 3.63) is 42.1 Å². The van der Waals surface area contributed by atoms with Crippen molar-refractivity contribution in [1.29, 1.82) is 0 Å². The predicted octanol–water partition coefficient (Wildman–Crippen LogP) is 1.99. The van der Waals surface area contributed by atoms with Crippen LogP contribution in [0.5, 0.6) is 23.1 Å². The van der Waals surface area contributed by atoms with Crippen molar-refractivity contribution >= 4 is 5.84 Å². The largest absolute Gasteiger partial charge is 0.496 e. The molecule has 0 saturated heterocycles. The van der Waals surface area contributed by atoms with Crippen LogP contribution in [0.25, 0.3) is 0 Å². The molecule has 0 bridgehead atoms. The van der Waals surface area contributed by atoms with E-state index in [4.69, 9.17) is 25.2 Å². The third-order valence-electron chi connectivity index (χ3n) is 2.69. The minimum Gasteiger partial charge on any atom is -0.496 e. The van der Waals surface area contributed by atoms with E-state index >= 15 is 0 Å². The summed E-state index contributed by atoms with van der Waals surface area (Å²) in [5, 5.41) is 11.7. The summed E-state index contributed by atoms with van der Waals surface area (Å²) < 4.78 is 16.0. The quantitative estimate of drug-likeness (QED) is 0.378. The van der Waals surface area contributed by atoms with Gasteiger partial charge in [-0.05, 0) is 12.1 Å². The molecule has 0 amide bonds. The number of pyridine rings is 1. The van der Waals surface area contributed by atoms with Crippen LogP contribution in [0.15, 0.2) is 41.7 Å². The zero-order valence-electron chi connectivity index (χ0n) is 11.6. The first-order valence-corrected chi connectivity index (χ1v) is 6.01. The molecule has 0 fully saturated rings. The average Bonchev–Trinajstić information content (AvgIpc) is 2.54. The molecule has 0 spiro atoms. The Morgan fingerprint density at radius 2 is 1.76 bits per heavy atom. The van der Waals surface area contributed by atoms with Gasteiger partial charge in [0.25, 0.3) is 0 Å². The molecule has 2 rings (SSSR count). The van der Waals surface area contributed by atoms with Crippen LogP contribution in [0.3, 0.4) is 0 Å². The maximum Gasteiger partial charge on any atom is 0.230 e. The minimum absolute atomic E-state index is 0.0899. The van der Waals surface area contributed by atoms with E-state index in [0.717, 1.165) is 0 Å². The Morgan fingerprint density at radius 3 is 2.33 bits per heavy atom. The summed E-state index contributed by atoms with van der Waals surface area (Å²) in [6.45, 7) is 0. The van der Waals surface area contributed by atoms with Gasteiger partial charge in [-0.15, -0.1) is 0 Å². The SMILES string of the molecule is COc1cc(OC)cc(Oc2ncccc2/C(N)=N/O)c1. The summed E-state index contributed by atoms with van der Waals surface area (Å²) in [5.41, 5.74) is 5.97. The summed E-state index contributed by atoms with van der Waals surface area (Å²) in [7, 11) is 3.09. The monoisotopic (exact) mass is 289 g/mol. The maximum absolute atomic E-state index is 8.78. The first-order chi connectivity index (χ1) is 10.2. The fourth-order valence-corrected chi connectivity index (χ4v) is 1.67. The molecular formula is C14H15N3O4. The number of rotatable bonds is 5. The summed E-state index contributed by atoms with van der Waals surface area (Å²) >= 11 is 0. The highest BCUT2D eigenvalue weighted by atomic mass is 16.5. The van der Waals surface area contributed by atoms with Gasteiger partial charge in [-0.1, -0.05) is 5.16 Å². The second kappa shape index (κ2) is 6.47. The van der Waals surface area contributed by atoms with Gasteiger partial charge >= 0.3 is 0 Å². The van der Waals surface area contributed by atoms with Crippen molar-refractivity contribution in [3.63, 3.8) is 0 Å². The van der Waals surface area contributed by atoms with Gasteiger partial charge in [-0.3, -0.25) is 0 Å². The van der Waals surface area contributed by atoms with E-state index in [1.165, 1.54) is 0 Å². The number of hydrogen-bond donors (Lipinski definition) is 2. The Bertz CT molecular complexity index is 636. The van der Waals surface area contributed by atoms with E-state index in [0.29, 0.717) is 22.8 Å². The third-order valence-corrected chi connectivity index (χ3v) is 2.69. The van der Waals surface area contributed by atoms with Crippen LogP contribution in [0.2, 0.25) is 0 Å². The third kappa shape index (κ3) is 3.33. The maximum atomic E-state index is 8.78. The molecule has 1 aromatic heterocycles. The molecule has 1 heterocycles. The first kappa shape index (κ1) is 14.4. The minimum atomic E-state index is -0.0899. The highest BCUT2D eigenvalue weighted by molar-refractivity contribution is 5.99. The van der Waals surface area contributed by atoms with Crippen molar-refractivity contribution < 1.29 is 19.4 Å². The van der Waals surface area contributed by atoms with Crippen LogP contribution in [0.1, 0.15) is 5.56 Å². The molecule has 3 N–H and O–H groups in total. The highest BCUT2D eigenvalue weighted by Gasteiger charge is 2.11. The zero-order chi connectivity index (χ0) is 15.2. The van der Waals surface area contributed by atoms with Gasteiger partial charge in [0.15, 0.2) is 5.84 Å². The van der Waals surface area contributed by atoms with Crippen LogP contribution in [0.4, 0.5) is 0 Å². The molecule has 0 unspecified atom stereocenters. The molecule has 0 aliphatic heterocycles. The number of methoxy groups -OCH3 is 2. The normalized spacial score (nSPS) is 11.0. The Hall–Kier alpha value is -2.96. The van der Waals surface area contributed by atoms with Gasteiger partial charge in [-0.2, -0.15) is 0 Å². The zero-order valence-corrected chi connectivity index (χ0v) is 11.6. The van der Waals surface area contributed by atoms with E-state index in [2.05, 4.69) is 10.1 Å². The molecule has 0 radical (unpaired) electrons. The number of nitrogens with zero attached hydrogens (tertiary/aromatic N) is 2. The number of amidine groups is 1. The lowest BCUT2D eigenvalue weighted by molar-refractivity contribution is 0.318. The van der Waals surface area contributed by atoms with Crippen molar-refractivity contribution in [3.8, 4) is 23.1 Å². The van der Waals surface area contributed by atoms with Crippen LogP contribution in [0, 0.1) is 0 Å². The molecule has 7 nitrogen and oxygen atoms in total. The molecule has 0 aliphatic rings. The summed E-state index contributed by atoms with van der Waals surface area (Å²) in [6, 6.07) is 8.36. The van der Waals surface area contributed by atoms with Crippen LogP contribution in [-0.4, -0.2) is 30.2 Å². The van der Waals surface area contributed by atoms with Gasteiger partial charge in [0, 0.05) is 24.4 Å². The molecule has 110 valence electrons. The Labute approximate surface area is 121 Å². The van der Waals surface area contributed by atoms with Crippen LogP contribution in [-0.2, 0) is 0 Å². The second-order valence-electron chi connectivity index (χ2n) is 3.99. The number of nitrogens with two attached hydrogens (primary N) is 1. The van der Waals surface area contributed by atoms with Crippen LogP contribution < -0.4 is 19.9 Å². The number of ether oxygens (including phenoxy) is 3. The highest BCUT2D eigenvalue weighted by Crippen LogP contribution is 2.31.